The van der Waals surface area contributed by atoms with Crippen LogP contribution in [0.3, 0.4) is 0 Å². The fourth-order valence-electron chi connectivity index (χ4n) is 11.9. The van der Waals surface area contributed by atoms with E-state index >= 15 is 0 Å². The Bertz CT molecular complexity index is 3560. The van der Waals surface area contributed by atoms with Crippen LogP contribution in [0.25, 0.3) is 66.8 Å². The molecule has 0 saturated carbocycles. The fourth-order valence-corrected chi connectivity index (χ4v) is 11.9. The lowest BCUT2D eigenvalue weighted by molar-refractivity contribution is 0.465. The Hall–Kier alpha value is -8.52. The van der Waals surface area contributed by atoms with Crippen LogP contribution in [0.15, 0.2) is 273 Å². The average molecular weight is 866 g/mol. The maximum Gasteiger partial charge on any atom is 0.0540 e. The van der Waals surface area contributed by atoms with E-state index in [0.29, 0.717) is 5.92 Å². The summed E-state index contributed by atoms with van der Waals surface area (Å²) in [5.74, 6) is 0.595. The molecule has 3 aliphatic rings. The third kappa shape index (κ3) is 6.31. The highest BCUT2D eigenvalue weighted by atomic mass is 15.1. The predicted octanol–water partition coefficient (Wildman–Crippen LogP) is 17.6. The van der Waals surface area contributed by atoms with Gasteiger partial charge in [0.1, 0.15) is 0 Å². The molecular weight excluding hydrogens is 819 g/mol. The molecule has 0 N–H and O–H groups in total. The Balaban J connectivity index is 0.992. The van der Waals surface area contributed by atoms with Crippen LogP contribution in [0.2, 0.25) is 0 Å². The Kier molecular flexibility index (Phi) is 9.61. The number of rotatable bonds is 8. The van der Waals surface area contributed by atoms with E-state index in [1.165, 1.54) is 83.5 Å². The van der Waals surface area contributed by atoms with Gasteiger partial charge in [0.25, 0.3) is 0 Å². The first-order valence-electron chi connectivity index (χ1n) is 23.8. The van der Waals surface area contributed by atoms with Crippen molar-refractivity contribution in [3.05, 3.63) is 295 Å². The Morgan fingerprint density at radius 2 is 0.750 bits per heavy atom. The van der Waals surface area contributed by atoms with Gasteiger partial charge in [-0.1, -0.05) is 243 Å². The molecule has 68 heavy (non-hydrogen) atoms. The molecule has 0 fully saturated rings. The number of benzene rings is 10. The number of anilines is 3. The third-order valence-corrected chi connectivity index (χ3v) is 14.8. The number of fused-ring (bicyclic) bond motifs is 10. The van der Waals surface area contributed by atoms with Gasteiger partial charge >= 0.3 is 0 Å². The predicted molar refractivity (Wildman–Crippen MR) is 285 cm³/mol. The molecule has 0 saturated heterocycles. The number of para-hydroxylation sites is 1. The first kappa shape index (κ1) is 39.8. The van der Waals surface area contributed by atoms with Gasteiger partial charge in [0, 0.05) is 28.8 Å². The minimum atomic E-state index is -0.293. The van der Waals surface area contributed by atoms with E-state index in [-0.39, 0.29) is 11.3 Å². The van der Waals surface area contributed by atoms with E-state index in [4.69, 9.17) is 0 Å². The first-order chi connectivity index (χ1) is 33.8. The van der Waals surface area contributed by atoms with E-state index in [9.17, 15) is 0 Å². The Morgan fingerprint density at radius 1 is 0.294 bits per heavy atom. The van der Waals surface area contributed by atoms with E-state index < -0.39 is 0 Å². The standard InChI is InChI=1S/C67H47N/c1-3-19-46(20-4-1)47-35-37-48(38-36-47)49-39-41-51(42-40-49)68(66-34-18-14-30-60(66)56-26-10-9-25-55(56)54-24-8-7-23-53(54)50-21-5-2-6-22-50)52-43-44-65-61(45-52)59-29-13-17-33-64(59)67(65)62-31-15-11-27-57(62)58-28-12-16-32-63(58)67/h1-45,57,62H. The van der Waals surface area contributed by atoms with Crippen LogP contribution in [0.1, 0.15) is 28.2 Å². The summed E-state index contributed by atoms with van der Waals surface area (Å²) in [6.07, 6.45) is 9.39. The van der Waals surface area contributed by atoms with Gasteiger partial charge in [-0.15, -0.1) is 0 Å². The largest absolute Gasteiger partial charge is 0.310 e. The van der Waals surface area contributed by atoms with Crippen molar-refractivity contribution in [2.45, 2.75) is 11.3 Å². The fraction of sp³-hybridized carbons (Fsp3) is 0.0448. The molecule has 10 aromatic carbocycles. The molecule has 1 heteroatoms. The quantitative estimate of drug-likeness (QED) is 0.147. The molecule has 0 amide bonds. The van der Waals surface area contributed by atoms with Crippen LogP contribution in [0.5, 0.6) is 0 Å². The average Bonchev–Trinajstić information content (AvgIpc) is 3.89. The number of nitrogens with zero attached hydrogens (tertiary/aromatic N) is 1. The minimum Gasteiger partial charge on any atom is -0.310 e. The van der Waals surface area contributed by atoms with Gasteiger partial charge in [-0.2, -0.15) is 0 Å². The Labute approximate surface area is 399 Å². The van der Waals surface area contributed by atoms with Gasteiger partial charge in [-0.05, 0) is 114 Å². The molecule has 0 radical (unpaired) electrons. The van der Waals surface area contributed by atoms with Crippen LogP contribution in [0.4, 0.5) is 17.1 Å². The van der Waals surface area contributed by atoms with Crippen molar-refractivity contribution < 1.29 is 0 Å². The summed E-state index contributed by atoms with van der Waals surface area (Å²) in [7, 11) is 0. The summed E-state index contributed by atoms with van der Waals surface area (Å²) in [4.78, 5) is 2.49. The van der Waals surface area contributed by atoms with E-state index in [0.717, 1.165) is 22.6 Å². The molecule has 0 heterocycles. The third-order valence-electron chi connectivity index (χ3n) is 14.8. The minimum absolute atomic E-state index is 0.277. The van der Waals surface area contributed by atoms with Gasteiger partial charge < -0.3 is 4.90 Å². The van der Waals surface area contributed by atoms with Crippen LogP contribution >= 0.6 is 0 Å². The highest BCUT2D eigenvalue weighted by Gasteiger charge is 2.57. The molecule has 13 rings (SSSR count). The molecule has 1 nitrogen and oxygen atoms in total. The zero-order valence-electron chi connectivity index (χ0n) is 37.6. The maximum absolute atomic E-state index is 2.49. The van der Waals surface area contributed by atoms with Crippen molar-refractivity contribution in [2.75, 3.05) is 4.90 Å². The van der Waals surface area contributed by atoms with Gasteiger partial charge in [0.05, 0.1) is 11.1 Å². The zero-order chi connectivity index (χ0) is 45.0. The van der Waals surface area contributed by atoms with Crippen molar-refractivity contribution in [3.63, 3.8) is 0 Å². The molecule has 10 aromatic rings. The second-order valence-electron chi connectivity index (χ2n) is 18.3. The molecule has 0 aromatic heterocycles. The first-order valence-corrected chi connectivity index (χ1v) is 23.8. The molecule has 1 spiro atoms. The second-order valence-corrected chi connectivity index (χ2v) is 18.3. The van der Waals surface area contributed by atoms with Crippen LogP contribution in [-0.4, -0.2) is 0 Å². The second kappa shape index (κ2) is 16.4. The van der Waals surface area contributed by atoms with Crippen molar-refractivity contribution in [2.24, 2.45) is 5.92 Å². The van der Waals surface area contributed by atoms with Gasteiger partial charge in [-0.3, -0.25) is 0 Å². The molecular formula is C67H47N. The van der Waals surface area contributed by atoms with Crippen molar-refractivity contribution >= 4 is 17.1 Å². The summed E-state index contributed by atoms with van der Waals surface area (Å²) in [5, 5.41) is 0. The van der Waals surface area contributed by atoms with Crippen molar-refractivity contribution in [1.29, 1.82) is 0 Å². The lowest BCUT2D eigenvalue weighted by Crippen LogP contribution is -2.32. The summed E-state index contributed by atoms with van der Waals surface area (Å²) < 4.78 is 0. The molecule has 3 unspecified atom stereocenters. The maximum atomic E-state index is 2.49. The van der Waals surface area contributed by atoms with Crippen LogP contribution < -0.4 is 4.90 Å². The van der Waals surface area contributed by atoms with Crippen molar-refractivity contribution in [1.82, 2.24) is 0 Å². The van der Waals surface area contributed by atoms with Crippen molar-refractivity contribution in [3.8, 4) is 66.8 Å². The number of hydrogen-bond donors (Lipinski definition) is 0. The van der Waals surface area contributed by atoms with E-state index in [2.05, 4.69) is 278 Å². The number of allylic oxidation sites excluding steroid dienone is 4. The van der Waals surface area contributed by atoms with E-state index in [1.54, 1.807) is 0 Å². The monoisotopic (exact) mass is 865 g/mol. The highest BCUT2D eigenvalue weighted by Crippen LogP contribution is 2.65. The summed E-state index contributed by atoms with van der Waals surface area (Å²) in [5.41, 5.74) is 23.3. The smallest absolute Gasteiger partial charge is 0.0540 e. The van der Waals surface area contributed by atoms with Crippen LogP contribution in [0, 0.1) is 5.92 Å². The Morgan fingerprint density at radius 3 is 1.44 bits per heavy atom. The van der Waals surface area contributed by atoms with Gasteiger partial charge in [0.2, 0.25) is 0 Å². The van der Waals surface area contributed by atoms with Crippen LogP contribution in [-0.2, 0) is 5.41 Å². The topological polar surface area (TPSA) is 3.24 Å². The lowest BCUT2D eigenvalue weighted by Gasteiger charge is -2.36. The summed E-state index contributed by atoms with van der Waals surface area (Å²) in [6, 6.07) is 91.9. The van der Waals surface area contributed by atoms with Gasteiger partial charge in [0.15, 0.2) is 0 Å². The lowest BCUT2D eigenvalue weighted by atomic mass is 9.65. The normalized spacial score (nSPS) is 17.1. The highest BCUT2D eigenvalue weighted by molar-refractivity contribution is 5.98. The SMILES string of the molecule is C1=CC2c3ccccc3C3(c4ccccc4-c4cc(N(c5ccc(-c6ccc(-c7ccccc7)cc6)cc5)c5ccccc5-c5ccccc5-c5ccccc5-c5ccccc5)ccc43)C2C=C1. The molecule has 3 aliphatic carbocycles. The summed E-state index contributed by atoms with van der Waals surface area (Å²) >= 11 is 0. The van der Waals surface area contributed by atoms with E-state index in [1.807, 2.05) is 0 Å². The molecule has 0 aliphatic heterocycles. The molecule has 3 atom stereocenters. The molecule has 0 bridgehead atoms. The van der Waals surface area contributed by atoms with Gasteiger partial charge in [-0.25, -0.2) is 0 Å². The molecule has 320 valence electrons. The zero-order valence-corrected chi connectivity index (χ0v) is 37.6. The summed E-state index contributed by atoms with van der Waals surface area (Å²) in [6.45, 7) is 0. The number of hydrogen-bond acceptors (Lipinski definition) is 1.